The lowest BCUT2D eigenvalue weighted by atomic mass is 10.1. The van der Waals surface area contributed by atoms with Gasteiger partial charge in [0.15, 0.2) is 6.10 Å². The normalized spacial score (nSPS) is 12.6. The first-order chi connectivity index (χ1) is 11.4. The van der Waals surface area contributed by atoms with Crippen LogP contribution >= 0.6 is 23.2 Å². The summed E-state index contributed by atoms with van der Waals surface area (Å²) in [5.41, 5.74) is 4.93. The number of carbonyl (C=O) groups excluding carboxylic acids is 1. The molecule has 0 aliphatic carbocycles. The fourth-order valence-electron chi connectivity index (χ4n) is 1.97. The molecule has 2 aromatic rings. The number of carbonyl (C=O) groups is 1. The Morgan fingerprint density at radius 1 is 1.12 bits per heavy atom. The lowest BCUT2D eigenvalue weighted by Gasteiger charge is -2.15. The van der Waals surface area contributed by atoms with Crippen LogP contribution in [0.2, 0.25) is 10.0 Å². The fraction of sp³-hybridized carbons (Fsp3) is 0.222. The van der Waals surface area contributed by atoms with Crippen LogP contribution in [0.15, 0.2) is 47.6 Å². The first kappa shape index (κ1) is 18.3. The van der Waals surface area contributed by atoms with Crippen LogP contribution in [0.25, 0.3) is 0 Å². The van der Waals surface area contributed by atoms with E-state index in [1.807, 2.05) is 19.1 Å². The highest BCUT2D eigenvalue weighted by Gasteiger charge is 2.15. The number of amides is 1. The number of nitrogens with one attached hydrogen (secondary N) is 1. The maximum Gasteiger partial charge on any atom is 0.280 e. The maximum absolute atomic E-state index is 12.1. The van der Waals surface area contributed by atoms with Gasteiger partial charge in [0.2, 0.25) is 0 Å². The van der Waals surface area contributed by atoms with Crippen molar-refractivity contribution in [1.29, 1.82) is 0 Å². The van der Waals surface area contributed by atoms with E-state index in [0.717, 1.165) is 11.1 Å². The maximum atomic E-state index is 12.1. The summed E-state index contributed by atoms with van der Waals surface area (Å²) < 4.78 is 5.66. The number of nitrogens with zero attached hydrogens (tertiary/aromatic N) is 1. The topological polar surface area (TPSA) is 50.7 Å². The smallest absolute Gasteiger partial charge is 0.280 e. The van der Waals surface area contributed by atoms with E-state index in [0.29, 0.717) is 21.5 Å². The molecule has 1 atom stereocenters. The largest absolute Gasteiger partial charge is 0.481 e. The monoisotopic (exact) mass is 364 g/mol. The predicted molar refractivity (Wildman–Crippen MR) is 98.1 cm³/mol. The average molecular weight is 365 g/mol. The number of rotatable bonds is 5. The van der Waals surface area contributed by atoms with Crippen molar-refractivity contribution in [3.05, 3.63) is 63.6 Å². The highest BCUT2D eigenvalue weighted by molar-refractivity contribution is 6.31. The SMILES string of the molecule is C/C(=N\NC(=O)C(C)Oc1ccc(Cl)cc1C)c1ccc(Cl)cc1. The first-order valence-corrected chi connectivity index (χ1v) is 8.15. The predicted octanol–water partition coefficient (Wildman–Crippen LogP) is 4.61. The van der Waals surface area contributed by atoms with Crippen molar-refractivity contribution >= 4 is 34.8 Å². The lowest BCUT2D eigenvalue weighted by molar-refractivity contribution is -0.127. The van der Waals surface area contributed by atoms with Crippen LogP contribution in [-0.4, -0.2) is 17.7 Å². The minimum atomic E-state index is -0.688. The number of ether oxygens (including phenoxy) is 1. The van der Waals surface area contributed by atoms with Gasteiger partial charge in [0.25, 0.3) is 5.91 Å². The Balaban J connectivity index is 1.98. The molecule has 4 nitrogen and oxygen atoms in total. The summed E-state index contributed by atoms with van der Waals surface area (Å²) in [4.78, 5) is 12.1. The van der Waals surface area contributed by atoms with Gasteiger partial charge in [0, 0.05) is 10.0 Å². The molecule has 1 N–H and O–H groups in total. The minimum absolute atomic E-state index is 0.335. The molecule has 24 heavy (non-hydrogen) atoms. The molecule has 0 aliphatic heterocycles. The molecule has 0 saturated carbocycles. The van der Waals surface area contributed by atoms with Crippen molar-refractivity contribution in [2.45, 2.75) is 26.9 Å². The van der Waals surface area contributed by atoms with Gasteiger partial charge >= 0.3 is 0 Å². The van der Waals surface area contributed by atoms with E-state index in [9.17, 15) is 4.79 Å². The molecule has 0 saturated heterocycles. The van der Waals surface area contributed by atoms with E-state index in [2.05, 4.69) is 10.5 Å². The van der Waals surface area contributed by atoms with Crippen molar-refractivity contribution in [2.24, 2.45) is 5.10 Å². The molecular formula is C18H18Cl2N2O2. The summed E-state index contributed by atoms with van der Waals surface area (Å²) in [6.07, 6.45) is -0.688. The second kappa shape index (κ2) is 8.18. The average Bonchev–Trinajstić information content (AvgIpc) is 2.55. The minimum Gasteiger partial charge on any atom is -0.481 e. The van der Waals surface area contributed by atoms with E-state index in [-0.39, 0.29) is 5.91 Å². The highest BCUT2D eigenvalue weighted by atomic mass is 35.5. The third-order valence-corrected chi connectivity index (χ3v) is 3.89. The third kappa shape index (κ3) is 4.98. The Kier molecular flexibility index (Phi) is 6.23. The van der Waals surface area contributed by atoms with Crippen molar-refractivity contribution in [3.8, 4) is 5.75 Å². The van der Waals surface area contributed by atoms with Crippen molar-refractivity contribution in [2.75, 3.05) is 0 Å². The van der Waals surface area contributed by atoms with E-state index >= 15 is 0 Å². The zero-order chi connectivity index (χ0) is 17.7. The molecule has 6 heteroatoms. The summed E-state index contributed by atoms with van der Waals surface area (Å²) >= 11 is 11.8. The van der Waals surface area contributed by atoms with Gasteiger partial charge in [-0.25, -0.2) is 5.43 Å². The Labute approximate surface area is 151 Å². The van der Waals surface area contributed by atoms with Crippen LogP contribution in [0.3, 0.4) is 0 Å². The zero-order valence-corrected chi connectivity index (χ0v) is 15.2. The first-order valence-electron chi connectivity index (χ1n) is 7.39. The summed E-state index contributed by atoms with van der Waals surface area (Å²) in [5, 5.41) is 5.37. The molecule has 2 aromatic carbocycles. The second-order valence-corrected chi connectivity index (χ2v) is 6.22. The summed E-state index contributed by atoms with van der Waals surface area (Å²) in [5.74, 6) is 0.276. The number of hydrogen-bond donors (Lipinski definition) is 1. The fourth-order valence-corrected chi connectivity index (χ4v) is 2.33. The zero-order valence-electron chi connectivity index (χ0n) is 13.6. The van der Waals surface area contributed by atoms with Crippen LogP contribution in [-0.2, 0) is 4.79 Å². The summed E-state index contributed by atoms with van der Waals surface area (Å²) in [6.45, 7) is 5.34. The summed E-state index contributed by atoms with van der Waals surface area (Å²) in [7, 11) is 0. The Morgan fingerprint density at radius 3 is 2.38 bits per heavy atom. The van der Waals surface area contributed by atoms with Gasteiger partial charge in [-0.15, -0.1) is 0 Å². The molecule has 0 radical (unpaired) electrons. The van der Waals surface area contributed by atoms with Crippen molar-refractivity contribution in [3.63, 3.8) is 0 Å². The number of benzene rings is 2. The van der Waals surface area contributed by atoms with Crippen LogP contribution in [0, 0.1) is 6.92 Å². The molecule has 0 aromatic heterocycles. The molecule has 2 rings (SSSR count). The van der Waals surface area contributed by atoms with Gasteiger partial charge in [-0.3, -0.25) is 4.79 Å². The standard InChI is InChI=1S/C18H18Cl2N2O2/c1-11-10-16(20)8-9-17(11)24-13(3)18(23)22-21-12(2)14-4-6-15(19)7-5-14/h4-10,13H,1-3H3,(H,22,23)/b21-12+. The number of aryl methyl sites for hydroxylation is 1. The van der Waals surface area contributed by atoms with E-state index in [4.69, 9.17) is 27.9 Å². The molecule has 1 unspecified atom stereocenters. The van der Waals surface area contributed by atoms with E-state index < -0.39 is 6.10 Å². The molecular weight excluding hydrogens is 347 g/mol. The van der Waals surface area contributed by atoms with Crippen molar-refractivity contribution < 1.29 is 9.53 Å². The number of halogens is 2. The molecule has 0 aliphatic rings. The van der Waals surface area contributed by atoms with E-state index in [1.54, 1.807) is 44.2 Å². The van der Waals surface area contributed by atoms with Gasteiger partial charge < -0.3 is 4.74 Å². The highest BCUT2D eigenvalue weighted by Crippen LogP contribution is 2.22. The second-order valence-electron chi connectivity index (χ2n) is 5.35. The molecule has 1 amide bonds. The number of hydrazone groups is 1. The Bertz CT molecular complexity index is 758. The molecule has 126 valence electrons. The van der Waals surface area contributed by atoms with Crippen LogP contribution < -0.4 is 10.2 Å². The van der Waals surface area contributed by atoms with Gasteiger partial charge in [0.1, 0.15) is 5.75 Å². The Morgan fingerprint density at radius 2 is 1.75 bits per heavy atom. The van der Waals surface area contributed by atoms with Crippen LogP contribution in [0.4, 0.5) is 0 Å². The third-order valence-electron chi connectivity index (χ3n) is 3.41. The molecule has 0 fully saturated rings. The van der Waals surface area contributed by atoms with E-state index in [1.165, 1.54) is 0 Å². The number of hydrogen-bond acceptors (Lipinski definition) is 3. The molecule has 0 spiro atoms. The van der Waals surface area contributed by atoms with Gasteiger partial charge in [-0.05, 0) is 62.2 Å². The quantitative estimate of drug-likeness (QED) is 0.621. The molecule has 0 heterocycles. The van der Waals surface area contributed by atoms with Crippen molar-refractivity contribution in [1.82, 2.24) is 5.43 Å². The van der Waals surface area contributed by atoms with Gasteiger partial charge in [-0.2, -0.15) is 5.10 Å². The van der Waals surface area contributed by atoms with Crippen LogP contribution in [0.1, 0.15) is 25.0 Å². The van der Waals surface area contributed by atoms with Gasteiger partial charge in [0.05, 0.1) is 5.71 Å². The van der Waals surface area contributed by atoms with Crippen LogP contribution in [0.5, 0.6) is 5.75 Å². The lowest BCUT2D eigenvalue weighted by Crippen LogP contribution is -2.34. The Hall–Kier alpha value is -2.04. The molecule has 0 bridgehead atoms. The summed E-state index contributed by atoms with van der Waals surface area (Å²) in [6, 6.07) is 12.5. The van der Waals surface area contributed by atoms with Gasteiger partial charge in [-0.1, -0.05) is 35.3 Å².